The number of aliphatic carboxylic acids is 1. The molecule has 156 valence electrons. The first kappa shape index (κ1) is 20.9. The van der Waals surface area contributed by atoms with E-state index in [9.17, 15) is 14.4 Å². The predicted octanol–water partition coefficient (Wildman–Crippen LogP) is 5.02. The number of carbonyl (C=O) groups excluding carboxylic acids is 2. The van der Waals surface area contributed by atoms with Gasteiger partial charge < -0.3 is 9.84 Å². The predicted molar refractivity (Wildman–Crippen MR) is 120 cm³/mol. The number of hydrogen-bond acceptors (Lipinski definition) is 5. The number of rotatable bonds is 8. The van der Waals surface area contributed by atoms with E-state index in [0.29, 0.717) is 23.5 Å². The highest BCUT2D eigenvalue weighted by Crippen LogP contribution is 2.32. The molecule has 1 aliphatic rings. The number of hydrogen-bond donors (Lipinski definition) is 1. The third kappa shape index (κ3) is 4.86. The number of carboxylic acids is 1. The molecular weight excluding hydrogens is 412 g/mol. The van der Waals surface area contributed by atoms with E-state index in [-0.39, 0.29) is 23.7 Å². The van der Waals surface area contributed by atoms with Crippen LogP contribution in [0.25, 0.3) is 11.1 Å². The molecule has 3 aromatic rings. The number of benzene rings is 3. The Kier molecular flexibility index (Phi) is 6.18. The molecular formula is C25H20O5S. The minimum atomic E-state index is -0.822. The van der Waals surface area contributed by atoms with Gasteiger partial charge in [-0.2, -0.15) is 0 Å². The monoisotopic (exact) mass is 432 g/mol. The first-order valence-corrected chi connectivity index (χ1v) is 11.0. The molecule has 3 aromatic carbocycles. The van der Waals surface area contributed by atoms with Crippen LogP contribution in [0.3, 0.4) is 0 Å². The zero-order chi connectivity index (χ0) is 21.8. The topological polar surface area (TPSA) is 80.7 Å². The van der Waals surface area contributed by atoms with E-state index in [2.05, 4.69) is 0 Å². The van der Waals surface area contributed by atoms with E-state index < -0.39 is 5.97 Å². The number of ether oxygens (including phenoxy) is 1. The van der Waals surface area contributed by atoms with Crippen LogP contribution in [0.1, 0.15) is 38.3 Å². The van der Waals surface area contributed by atoms with Crippen molar-refractivity contribution in [2.45, 2.75) is 18.8 Å². The molecule has 0 aliphatic heterocycles. The van der Waals surface area contributed by atoms with Crippen molar-refractivity contribution in [1.29, 1.82) is 0 Å². The number of carbonyl (C=O) groups is 3. The highest BCUT2D eigenvalue weighted by Gasteiger charge is 2.29. The van der Waals surface area contributed by atoms with Gasteiger partial charge >= 0.3 is 5.97 Å². The maximum atomic E-state index is 12.3. The van der Waals surface area contributed by atoms with Crippen LogP contribution in [0, 0.1) is 0 Å². The van der Waals surface area contributed by atoms with Gasteiger partial charge in [-0.25, -0.2) is 0 Å². The quantitative estimate of drug-likeness (QED) is 0.504. The number of fused-ring (bicyclic) bond motifs is 1. The molecule has 0 radical (unpaired) electrons. The van der Waals surface area contributed by atoms with Crippen molar-refractivity contribution in [2.24, 2.45) is 0 Å². The first-order chi connectivity index (χ1) is 15.0. The zero-order valence-corrected chi connectivity index (χ0v) is 17.5. The smallest absolute Gasteiger partial charge is 0.313 e. The summed E-state index contributed by atoms with van der Waals surface area (Å²) < 4.78 is 5.89. The van der Waals surface area contributed by atoms with Crippen LogP contribution in [0.15, 0.2) is 66.7 Å². The van der Waals surface area contributed by atoms with E-state index in [1.54, 1.807) is 6.07 Å². The van der Waals surface area contributed by atoms with Gasteiger partial charge in [0, 0.05) is 16.9 Å². The maximum absolute atomic E-state index is 12.3. The number of carboxylic acid groups (broad SMARTS) is 1. The van der Waals surface area contributed by atoms with E-state index in [1.807, 2.05) is 60.7 Å². The molecule has 0 spiro atoms. The molecule has 5 nitrogen and oxygen atoms in total. The van der Waals surface area contributed by atoms with Crippen molar-refractivity contribution in [3.05, 3.63) is 89.0 Å². The van der Waals surface area contributed by atoms with Crippen molar-refractivity contribution < 1.29 is 24.2 Å². The third-order valence-corrected chi connectivity index (χ3v) is 6.02. The highest BCUT2D eigenvalue weighted by atomic mass is 32.2. The molecule has 4 rings (SSSR count). The number of ketones is 2. The molecule has 0 amide bonds. The van der Waals surface area contributed by atoms with Crippen molar-refractivity contribution in [2.75, 3.05) is 5.75 Å². The van der Waals surface area contributed by atoms with Gasteiger partial charge in [-0.05, 0) is 34.4 Å². The lowest BCUT2D eigenvalue weighted by atomic mass is 9.96. The summed E-state index contributed by atoms with van der Waals surface area (Å²) in [5.74, 6) is 0.349. The van der Waals surface area contributed by atoms with Crippen LogP contribution < -0.4 is 4.74 Å². The van der Waals surface area contributed by atoms with Crippen LogP contribution in [0.5, 0.6) is 5.75 Å². The average molecular weight is 432 g/mol. The second-order valence-corrected chi connectivity index (χ2v) is 8.26. The molecule has 0 saturated carbocycles. The molecule has 0 aromatic heterocycles. The second-order valence-electron chi connectivity index (χ2n) is 7.27. The molecule has 0 bridgehead atoms. The van der Waals surface area contributed by atoms with Gasteiger partial charge in [0.2, 0.25) is 0 Å². The summed E-state index contributed by atoms with van der Waals surface area (Å²) in [6, 6.07) is 20.8. The summed E-state index contributed by atoms with van der Waals surface area (Å²) in [6.07, 6.45) is -0.0495. The number of Topliss-reactive ketones (excluding diaryl/α,β-unsaturated/α-hetero) is 2. The fourth-order valence-electron chi connectivity index (χ4n) is 3.58. The minimum Gasteiger partial charge on any atom is -0.489 e. The summed E-state index contributed by atoms with van der Waals surface area (Å²) >= 11 is 1.35. The Balaban J connectivity index is 1.42. The van der Waals surface area contributed by atoms with Crippen LogP contribution in [0.2, 0.25) is 0 Å². The van der Waals surface area contributed by atoms with Crippen LogP contribution >= 0.6 is 11.8 Å². The Morgan fingerprint density at radius 2 is 1.65 bits per heavy atom. The van der Waals surface area contributed by atoms with E-state index in [0.717, 1.165) is 28.0 Å². The zero-order valence-electron chi connectivity index (χ0n) is 16.7. The van der Waals surface area contributed by atoms with Crippen molar-refractivity contribution in [3.63, 3.8) is 0 Å². The first-order valence-electron chi connectivity index (χ1n) is 9.81. The standard InChI is InChI=1S/C25H20O5S/c26-22-12-23(27)25-20(5-2-6-21(22)25)18-9-7-16(8-10-18)13-30-19-4-1-3-17(11-19)14-31-15-24(28)29/h1-11H,12-15H2,(H,28,29). The summed E-state index contributed by atoms with van der Waals surface area (Å²) in [6.45, 7) is 0.385. The van der Waals surface area contributed by atoms with Gasteiger partial charge in [0.05, 0.1) is 12.2 Å². The van der Waals surface area contributed by atoms with Crippen LogP contribution in [-0.4, -0.2) is 28.4 Å². The Labute approximate surface area is 184 Å². The molecule has 1 N–H and O–H groups in total. The summed E-state index contributed by atoms with van der Waals surface area (Å²) in [7, 11) is 0. The van der Waals surface area contributed by atoms with Gasteiger partial charge in [-0.3, -0.25) is 14.4 Å². The molecule has 6 heteroatoms. The van der Waals surface area contributed by atoms with Crippen molar-refractivity contribution >= 4 is 29.3 Å². The van der Waals surface area contributed by atoms with E-state index in [1.165, 1.54) is 11.8 Å². The molecule has 0 unspecified atom stereocenters. The summed E-state index contributed by atoms with van der Waals surface area (Å²) in [4.78, 5) is 34.9. The van der Waals surface area contributed by atoms with Gasteiger partial charge in [0.1, 0.15) is 12.4 Å². The Morgan fingerprint density at radius 3 is 2.42 bits per heavy atom. The second kappa shape index (κ2) is 9.18. The molecule has 0 saturated heterocycles. The van der Waals surface area contributed by atoms with E-state index >= 15 is 0 Å². The van der Waals surface area contributed by atoms with Crippen LogP contribution in [-0.2, 0) is 17.2 Å². The third-order valence-electron chi connectivity index (χ3n) is 5.03. The maximum Gasteiger partial charge on any atom is 0.313 e. The van der Waals surface area contributed by atoms with Crippen molar-refractivity contribution in [3.8, 4) is 16.9 Å². The highest BCUT2D eigenvalue weighted by molar-refractivity contribution is 7.99. The summed E-state index contributed by atoms with van der Waals surface area (Å²) in [5, 5.41) is 8.74. The lowest BCUT2D eigenvalue weighted by Gasteiger charge is -2.10. The van der Waals surface area contributed by atoms with Gasteiger partial charge in [0.25, 0.3) is 0 Å². The lowest BCUT2D eigenvalue weighted by molar-refractivity contribution is -0.133. The average Bonchev–Trinajstić information content (AvgIpc) is 3.06. The summed E-state index contributed by atoms with van der Waals surface area (Å²) in [5.41, 5.74) is 4.69. The lowest BCUT2D eigenvalue weighted by Crippen LogP contribution is -1.99. The molecule has 0 fully saturated rings. The van der Waals surface area contributed by atoms with Crippen LogP contribution in [0.4, 0.5) is 0 Å². The van der Waals surface area contributed by atoms with Gasteiger partial charge in [-0.15, -0.1) is 11.8 Å². The molecule has 31 heavy (non-hydrogen) atoms. The fourth-order valence-corrected chi connectivity index (χ4v) is 4.28. The van der Waals surface area contributed by atoms with Crippen molar-refractivity contribution in [1.82, 2.24) is 0 Å². The Morgan fingerprint density at radius 1 is 0.903 bits per heavy atom. The molecule has 0 heterocycles. The SMILES string of the molecule is O=C(O)CSCc1cccc(OCc2ccc(-c3cccc4c3C(=O)CC4=O)cc2)c1. The van der Waals surface area contributed by atoms with Gasteiger partial charge in [-0.1, -0.05) is 54.6 Å². The normalized spacial score (nSPS) is 12.6. The largest absolute Gasteiger partial charge is 0.489 e. The fraction of sp³-hybridized carbons (Fsp3) is 0.160. The Bertz CT molecular complexity index is 1150. The minimum absolute atomic E-state index is 0.0495. The number of thioether (sulfide) groups is 1. The molecule has 1 aliphatic carbocycles. The van der Waals surface area contributed by atoms with Gasteiger partial charge in [0.15, 0.2) is 11.6 Å². The van der Waals surface area contributed by atoms with E-state index in [4.69, 9.17) is 9.84 Å². The Hall–Kier alpha value is -3.38. The molecule has 0 atom stereocenters.